The molecule has 0 amide bonds. The van der Waals surface area contributed by atoms with Crippen LogP contribution < -0.4 is 0 Å². The lowest BCUT2D eigenvalue weighted by Crippen LogP contribution is -2.69. The van der Waals surface area contributed by atoms with Crippen molar-refractivity contribution in [2.75, 3.05) is 6.61 Å². The van der Waals surface area contributed by atoms with Gasteiger partial charge >= 0.3 is 7.82 Å². The Labute approximate surface area is 185 Å². The standard InChI is InChI=1S/C22H30FO8P/c1-12-8-16-15-5-4-13-9-14(24)6-7-19(13,2)21(15,23)17(25)10-20(16,3)22(12,27)18(26)11-31-32(28,29)30/h6-7,9,12,15-17,25,27H,4-5,8,10-11H2,1-3H3,(H2,28,29,30)/t12-,15?,16?,17?,19+,20+,21+,22+/m1/s1. The molecule has 178 valence electrons. The zero-order valence-electron chi connectivity index (χ0n) is 18.3. The summed E-state index contributed by atoms with van der Waals surface area (Å²) in [6.45, 7) is 4.00. The molecule has 0 spiro atoms. The first-order chi connectivity index (χ1) is 14.6. The van der Waals surface area contributed by atoms with E-state index in [2.05, 4.69) is 4.52 Å². The molecular formula is C22H30FO8P. The summed E-state index contributed by atoms with van der Waals surface area (Å²) in [5, 5.41) is 22.8. The fraction of sp³-hybridized carbons (Fsp3) is 0.727. The van der Waals surface area contributed by atoms with Crippen LogP contribution in [0.1, 0.15) is 46.5 Å². The van der Waals surface area contributed by atoms with E-state index in [1.54, 1.807) is 20.8 Å². The fourth-order valence-electron chi connectivity index (χ4n) is 7.39. The number of hydrogen-bond acceptors (Lipinski definition) is 6. The van der Waals surface area contributed by atoms with Crippen molar-refractivity contribution in [3.8, 4) is 0 Å². The number of rotatable bonds is 4. The first-order valence-electron chi connectivity index (χ1n) is 10.9. The van der Waals surface area contributed by atoms with Gasteiger partial charge in [0.25, 0.3) is 0 Å². The number of ketones is 2. The molecule has 0 radical (unpaired) electrons. The lowest BCUT2D eigenvalue weighted by Gasteiger charge is -2.62. The molecular weight excluding hydrogens is 442 g/mol. The second-order valence-electron chi connectivity index (χ2n) is 10.4. The Balaban J connectivity index is 1.74. The number of allylic oxidation sites excluding steroid dienone is 4. The third-order valence-corrected chi connectivity index (χ3v) is 9.48. The van der Waals surface area contributed by atoms with Crippen LogP contribution >= 0.6 is 7.82 Å². The second kappa shape index (κ2) is 7.14. The smallest absolute Gasteiger partial charge is 0.390 e. The zero-order chi connectivity index (χ0) is 23.9. The molecule has 0 aliphatic heterocycles. The van der Waals surface area contributed by atoms with Gasteiger partial charge in [0, 0.05) is 16.7 Å². The minimum absolute atomic E-state index is 0.211. The van der Waals surface area contributed by atoms with Crippen LogP contribution in [0.25, 0.3) is 0 Å². The average Bonchev–Trinajstić information content (AvgIpc) is 2.89. The van der Waals surface area contributed by atoms with Crippen molar-refractivity contribution >= 4 is 19.4 Å². The fourth-order valence-corrected chi connectivity index (χ4v) is 7.68. The molecule has 4 rings (SSSR count). The summed E-state index contributed by atoms with van der Waals surface area (Å²) in [5.74, 6) is -2.87. The van der Waals surface area contributed by atoms with Crippen molar-refractivity contribution in [2.45, 2.75) is 63.8 Å². The quantitative estimate of drug-likeness (QED) is 0.456. The van der Waals surface area contributed by atoms with E-state index in [9.17, 15) is 24.4 Å². The van der Waals surface area contributed by atoms with Gasteiger partial charge in [0.2, 0.25) is 0 Å². The maximum Gasteiger partial charge on any atom is 0.470 e. The third kappa shape index (κ3) is 2.95. The Morgan fingerprint density at radius 1 is 1.31 bits per heavy atom. The van der Waals surface area contributed by atoms with Crippen molar-refractivity contribution < 1.29 is 43.1 Å². The van der Waals surface area contributed by atoms with Crippen molar-refractivity contribution in [1.29, 1.82) is 0 Å². The number of Topliss-reactive ketones (excluding diaryl/α,β-unsaturated/α-hetero) is 1. The summed E-state index contributed by atoms with van der Waals surface area (Å²) in [5.41, 5.74) is -5.88. The molecule has 4 N–H and O–H groups in total. The Morgan fingerprint density at radius 3 is 2.59 bits per heavy atom. The molecule has 3 saturated carbocycles. The highest BCUT2D eigenvalue weighted by molar-refractivity contribution is 7.46. The van der Waals surface area contributed by atoms with Gasteiger partial charge in [0.15, 0.2) is 17.2 Å². The SMILES string of the molecule is C[C@@H]1CC2C3CCC4=CC(=O)C=C[C@]4(C)[C@@]3(F)C(O)C[C@]2(C)[C@@]1(O)C(=O)COP(=O)(O)O. The third-order valence-electron chi connectivity index (χ3n) is 9.01. The zero-order valence-corrected chi connectivity index (χ0v) is 19.2. The van der Waals surface area contributed by atoms with E-state index in [4.69, 9.17) is 9.79 Å². The molecule has 4 aliphatic rings. The molecule has 0 aromatic heterocycles. The number of carbonyl (C=O) groups is 2. The van der Waals surface area contributed by atoms with Crippen LogP contribution in [0.5, 0.6) is 0 Å². The molecule has 0 bridgehead atoms. The molecule has 8 nitrogen and oxygen atoms in total. The molecule has 0 aromatic carbocycles. The molecule has 0 aromatic rings. The maximum atomic E-state index is 17.0. The lowest BCUT2D eigenvalue weighted by atomic mass is 9.44. The van der Waals surface area contributed by atoms with Gasteiger partial charge in [-0.05, 0) is 56.6 Å². The Morgan fingerprint density at radius 2 is 1.97 bits per heavy atom. The van der Waals surface area contributed by atoms with Gasteiger partial charge in [0.05, 0.1) is 6.10 Å². The van der Waals surface area contributed by atoms with Gasteiger partial charge in [-0.15, -0.1) is 0 Å². The minimum atomic E-state index is -4.93. The number of alkyl halides is 1. The molecule has 0 heterocycles. The predicted molar refractivity (Wildman–Crippen MR) is 111 cm³/mol. The number of halogens is 1. The molecule has 32 heavy (non-hydrogen) atoms. The molecule has 4 aliphatic carbocycles. The lowest BCUT2D eigenvalue weighted by molar-refractivity contribution is -0.219. The van der Waals surface area contributed by atoms with Crippen LogP contribution in [0.3, 0.4) is 0 Å². The van der Waals surface area contributed by atoms with E-state index in [1.807, 2.05) is 0 Å². The minimum Gasteiger partial charge on any atom is -0.390 e. The first kappa shape index (κ1) is 23.9. The van der Waals surface area contributed by atoms with E-state index in [0.29, 0.717) is 24.8 Å². The summed E-state index contributed by atoms with van der Waals surface area (Å²) >= 11 is 0. The monoisotopic (exact) mass is 472 g/mol. The van der Waals surface area contributed by atoms with E-state index in [0.717, 1.165) is 0 Å². The average molecular weight is 472 g/mol. The highest BCUT2D eigenvalue weighted by atomic mass is 31.2. The number of aliphatic hydroxyl groups excluding tert-OH is 1. The van der Waals surface area contributed by atoms with Crippen molar-refractivity contribution in [3.05, 3.63) is 23.8 Å². The number of phosphoric acid groups is 1. The van der Waals surface area contributed by atoms with Crippen LogP contribution in [0, 0.1) is 28.6 Å². The number of carbonyl (C=O) groups excluding carboxylic acids is 2. The summed E-state index contributed by atoms with van der Waals surface area (Å²) in [6.07, 6.45) is 3.70. The van der Waals surface area contributed by atoms with Gasteiger partial charge < -0.3 is 20.0 Å². The van der Waals surface area contributed by atoms with Crippen LogP contribution in [-0.2, 0) is 18.7 Å². The number of aliphatic hydroxyl groups is 2. The second-order valence-corrected chi connectivity index (χ2v) is 11.6. The van der Waals surface area contributed by atoms with Crippen LogP contribution in [0.15, 0.2) is 23.8 Å². The molecule has 3 fully saturated rings. The van der Waals surface area contributed by atoms with E-state index >= 15 is 4.39 Å². The summed E-state index contributed by atoms with van der Waals surface area (Å²) in [7, 11) is -4.93. The van der Waals surface area contributed by atoms with E-state index in [-0.39, 0.29) is 12.2 Å². The normalized spacial score (nSPS) is 48.0. The Kier molecular flexibility index (Phi) is 5.34. The van der Waals surface area contributed by atoms with Crippen molar-refractivity contribution in [2.24, 2.45) is 28.6 Å². The van der Waals surface area contributed by atoms with Gasteiger partial charge in [-0.1, -0.05) is 25.5 Å². The largest absolute Gasteiger partial charge is 0.470 e. The molecule has 3 unspecified atom stereocenters. The summed E-state index contributed by atoms with van der Waals surface area (Å²) in [4.78, 5) is 42.8. The van der Waals surface area contributed by atoms with Crippen LogP contribution in [0.4, 0.5) is 4.39 Å². The highest BCUT2D eigenvalue weighted by Crippen LogP contribution is 2.70. The summed E-state index contributed by atoms with van der Waals surface area (Å²) < 4.78 is 32.5. The van der Waals surface area contributed by atoms with Gasteiger partial charge in [-0.3, -0.25) is 14.1 Å². The molecule has 0 saturated heterocycles. The van der Waals surface area contributed by atoms with Crippen molar-refractivity contribution in [3.63, 3.8) is 0 Å². The maximum absolute atomic E-state index is 17.0. The van der Waals surface area contributed by atoms with Gasteiger partial charge in [-0.2, -0.15) is 0 Å². The predicted octanol–water partition coefficient (Wildman–Crippen LogP) is 2.01. The Hall–Kier alpha value is -1.22. The number of fused-ring (bicyclic) bond motifs is 5. The van der Waals surface area contributed by atoms with E-state index < -0.39 is 66.2 Å². The molecule has 10 heteroatoms. The van der Waals surface area contributed by atoms with Gasteiger partial charge in [0.1, 0.15) is 12.2 Å². The number of hydrogen-bond donors (Lipinski definition) is 4. The van der Waals surface area contributed by atoms with E-state index in [1.165, 1.54) is 18.2 Å². The summed E-state index contributed by atoms with van der Waals surface area (Å²) in [6, 6.07) is 0. The van der Waals surface area contributed by atoms with Crippen LogP contribution in [-0.4, -0.2) is 55.5 Å². The van der Waals surface area contributed by atoms with Crippen molar-refractivity contribution in [1.82, 2.24) is 0 Å². The molecule has 8 atom stereocenters. The van der Waals surface area contributed by atoms with Crippen LogP contribution in [0.2, 0.25) is 0 Å². The van der Waals surface area contributed by atoms with Gasteiger partial charge in [-0.25, -0.2) is 8.96 Å². The topological polar surface area (TPSA) is 141 Å². The number of phosphoric ester groups is 1. The highest BCUT2D eigenvalue weighted by Gasteiger charge is 2.75. The Bertz CT molecular complexity index is 973. The first-order valence-corrected chi connectivity index (χ1v) is 12.4.